The molecular formula is C65H99N7O9. The first kappa shape index (κ1) is 68.9. The van der Waals surface area contributed by atoms with Crippen molar-refractivity contribution >= 4 is 24.3 Å². The molecule has 0 spiro atoms. The zero-order valence-corrected chi connectivity index (χ0v) is 50.7. The molecule has 16 heteroatoms. The summed E-state index contributed by atoms with van der Waals surface area (Å²) in [4.78, 5) is 66.9. The fourth-order valence-electron chi connectivity index (χ4n) is 9.81. The Bertz CT molecular complexity index is 2400. The van der Waals surface area contributed by atoms with E-state index in [4.69, 9.17) is 25.1 Å². The molecule has 3 atom stereocenters. The maximum Gasteiger partial charge on any atom is 0.321 e. The molecule has 1 saturated heterocycles. The molecule has 7 rings (SSSR count). The molecule has 0 aliphatic carbocycles. The number of hydrogen-bond acceptors (Lipinski definition) is 11. The number of nitrogens with two attached hydrogens (primary N) is 1. The molecular weight excluding hydrogens is 1020 g/mol. The zero-order chi connectivity index (χ0) is 59.7. The van der Waals surface area contributed by atoms with E-state index in [1.54, 1.807) is 21.8 Å². The van der Waals surface area contributed by atoms with E-state index in [0.29, 0.717) is 94.7 Å². The number of benzene rings is 4. The first-order valence-electron chi connectivity index (χ1n) is 29.6. The number of hydrogen-bond donors (Lipinski definition) is 4. The van der Waals surface area contributed by atoms with Crippen LogP contribution in [0.2, 0.25) is 0 Å². The van der Waals surface area contributed by atoms with Crippen LogP contribution in [0.3, 0.4) is 0 Å². The number of amides is 5. The lowest BCUT2D eigenvalue weighted by atomic mass is 9.82. The summed E-state index contributed by atoms with van der Waals surface area (Å²) in [6.45, 7) is 25.6. The molecule has 4 aromatic carbocycles. The molecule has 0 bridgehead atoms. The molecule has 16 nitrogen and oxygen atoms in total. The number of ether oxygens (including phenoxy) is 3. The molecule has 3 unspecified atom stereocenters. The SMILES string of the molecule is CC(C)C.CC(C)C(CCCCNC(=O)C1c2ccc(Oc3ccccc3)cc2CCN1C=O)C(C)C.CC(C)N.CCCNC(=O)C1c2ccc(Oc3ccccc3)cc2CCN1C(=O)N1CCC(N=O)C1.COCCCCCO. The van der Waals surface area contributed by atoms with Crippen molar-refractivity contribution in [3.63, 3.8) is 0 Å². The van der Waals surface area contributed by atoms with Crippen LogP contribution in [0.15, 0.2) is 102 Å². The first-order chi connectivity index (χ1) is 38.9. The summed E-state index contributed by atoms with van der Waals surface area (Å²) in [6, 6.07) is 29.0. The number of aliphatic hydroxyl groups is 1. The van der Waals surface area contributed by atoms with E-state index >= 15 is 0 Å². The van der Waals surface area contributed by atoms with Gasteiger partial charge in [-0.25, -0.2) is 4.79 Å². The number of rotatable bonds is 22. The van der Waals surface area contributed by atoms with E-state index in [2.05, 4.69) is 64.3 Å². The topological polar surface area (TPSA) is 205 Å². The first-order valence-corrected chi connectivity index (χ1v) is 29.6. The minimum absolute atomic E-state index is 0.107. The van der Waals surface area contributed by atoms with Crippen LogP contribution in [0, 0.1) is 28.6 Å². The number of methoxy groups -OCH3 is 1. The number of aliphatic hydroxyl groups excluding tert-OH is 1. The molecule has 0 saturated carbocycles. The average Bonchev–Trinajstić information content (AvgIpc) is 4.09. The number of carbonyl (C=O) groups is 4. The van der Waals surface area contributed by atoms with E-state index in [9.17, 15) is 24.1 Å². The van der Waals surface area contributed by atoms with Crippen molar-refractivity contribution in [3.05, 3.63) is 124 Å². The number of likely N-dealkylation sites (tertiary alicyclic amines) is 1. The molecule has 81 heavy (non-hydrogen) atoms. The van der Waals surface area contributed by atoms with Crippen LogP contribution in [0.5, 0.6) is 23.0 Å². The maximum atomic E-state index is 13.3. The van der Waals surface area contributed by atoms with Gasteiger partial charge in [-0.1, -0.05) is 129 Å². The minimum atomic E-state index is -0.716. The van der Waals surface area contributed by atoms with Gasteiger partial charge in [-0.3, -0.25) is 14.4 Å². The van der Waals surface area contributed by atoms with Crippen LogP contribution in [0.1, 0.15) is 155 Å². The minimum Gasteiger partial charge on any atom is -0.457 e. The van der Waals surface area contributed by atoms with Crippen LogP contribution in [-0.2, 0) is 32.0 Å². The summed E-state index contributed by atoms with van der Waals surface area (Å²) >= 11 is 0. The third-order valence-electron chi connectivity index (χ3n) is 13.7. The third kappa shape index (κ3) is 24.7. The van der Waals surface area contributed by atoms with Gasteiger partial charge in [-0.15, -0.1) is 0 Å². The summed E-state index contributed by atoms with van der Waals surface area (Å²) in [5.41, 5.74) is 8.85. The van der Waals surface area contributed by atoms with Crippen molar-refractivity contribution in [2.24, 2.45) is 34.6 Å². The number of carbonyl (C=O) groups excluding carboxylic acids is 4. The second-order valence-corrected chi connectivity index (χ2v) is 22.7. The molecule has 0 aromatic heterocycles. The van der Waals surface area contributed by atoms with Crippen molar-refractivity contribution in [2.45, 2.75) is 158 Å². The van der Waals surface area contributed by atoms with Crippen LogP contribution in [0.4, 0.5) is 4.79 Å². The summed E-state index contributed by atoms with van der Waals surface area (Å²) < 4.78 is 16.7. The smallest absolute Gasteiger partial charge is 0.321 e. The van der Waals surface area contributed by atoms with Gasteiger partial charge in [0.1, 0.15) is 41.1 Å². The van der Waals surface area contributed by atoms with Gasteiger partial charge < -0.3 is 50.4 Å². The molecule has 3 heterocycles. The lowest BCUT2D eigenvalue weighted by molar-refractivity contribution is -0.133. The van der Waals surface area contributed by atoms with E-state index < -0.39 is 12.1 Å². The Hall–Kier alpha value is -6.36. The largest absolute Gasteiger partial charge is 0.457 e. The summed E-state index contributed by atoms with van der Waals surface area (Å²) in [5, 5.41) is 17.4. The van der Waals surface area contributed by atoms with Gasteiger partial charge in [0.15, 0.2) is 0 Å². The second-order valence-electron chi connectivity index (χ2n) is 22.7. The Labute approximate surface area is 485 Å². The Balaban J connectivity index is 0.000000336. The quantitative estimate of drug-likeness (QED) is 0.0333. The number of nitroso groups, excluding NO2 is 1. The maximum absolute atomic E-state index is 13.3. The van der Waals surface area contributed by atoms with Gasteiger partial charge in [0, 0.05) is 59.6 Å². The van der Waals surface area contributed by atoms with Crippen LogP contribution < -0.4 is 25.8 Å². The third-order valence-corrected chi connectivity index (χ3v) is 13.7. The highest BCUT2D eigenvalue weighted by Gasteiger charge is 2.40. The van der Waals surface area contributed by atoms with E-state index in [0.717, 1.165) is 97.0 Å². The van der Waals surface area contributed by atoms with Crippen molar-refractivity contribution in [1.29, 1.82) is 0 Å². The standard InChI is InChI=1S/C28H38N2O3.C24H28N4O4.C6H14O2.C4H10.C3H9N/c1-20(2)25(21(3)4)12-8-9-16-29-28(32)27-26-14-13-24(33-23-10-6-5-7-11-23)18-22(26)15-17-30(27)19-31;1-2-12-25-23(29)22-21-9-8-20(32-19-6-4-3-5-7-19)15-17(21)10-14-28(22)24(30)27-13-11-18(16-27)26-31;1-8-6-4-2-3-5-7;1-4(2)3;1-3(2)4/h5-7,10-11,13-14,18-21,25,27H,8-9,12,15-17H2,1-4H3,(H,29,32);3-9,15,18,22H,2,10-14,16H2,1H3,(H,25,29);7H,2-6H2,1H3;4H,1-3H3;3H,4H2,1-2H3. The monoisotopic (exact) mass is 1120 g/mol. The van der Waals surface area contributed by atoms with Gasteiger partial charge in [0.2, 0.25) is 18.2 Å². The lowest BCUT2D eigenvalue weighted by Crippen LogP contribution is -2.51. The summed E-state index contributed by atoms with van der Waals surface area (Å²) in [6.07, 6.45) is 9.76. The van der Waals surface area contributed by atoms with E-state index in [1.807, 2.05) is 118 Å². The van der Waals surface area contributed by atoms with Crippen LogP contribution in [-0.4, -0.2) is 116 Å². The molecule has 1 fully saturated rings. The Kier molecular flexibility index (Phi) is 32.6. The fourth-order valence-corrected chi connectivity index (χ4v) is 9.81. The van der Waals surface area contributed by atoms with Gasteiger partial charge >= 0.3 is 6.03 Å². The normalized spacial score (nSPS) is 16.1. The Morgan fingerprint density at radius 2 is 1.21 bits per heavy atom. The van der Waals surface area contributed by atoms with Crippen molar-refractivity contribution < 1.29 is 38.5 Å². The van der Waals surface area contributed by atoms with Crippen LogP contribution >= 0.6 is 0 Å². The van der Waals surface area contributed by atoms with Crippen molar-refractivity contribution in [1.82, 2.24) is 25.3 Å². The lowest BCUT2D eigenvalue weighted by Gasteiger charge is -2.38. The second kappa shape index (κ2) is 38.4. The predicted octanol–water partition coefficient (Wildman–Crippen LogP) is 12.4. The highest BCUT2D eigenvalue weighted by Crippen LogP contribution is 2.36. The van der Waals surface area contributed by atoms with Crippen LogP contribution in [0.25, 0.3) is 0 Å². The fraction of sp³-hybridized carbons (Fsp3) is 0.569. The van der Waals surface area contributed by atoms with Gasteiger partial charge in [0.25, 0.3) is 0 Å². The highest BCUT2D eigenvalue weighted by molar-refractivity contribution is 5.89. The molecule has 3 aliphatic rings. The van der Waals surface area contributed by atoms with Gasteiger partial charge in [-0.2, -0.15) is 4.91 Å². The number of urea groups is 1. The Morgan fingerprint density at radius 3 is 1.69 bits per heavy atom. The summed E-state index contributed by atoms with van der Waals surface area (Å²) in [7, 11) is 1.69. The van der Waals surface area contributed by atoms with Crippen molar-refractivity contribution in [3.8, 4) is 23.0 Å². The molecule has 3 aliphatic heterocycles. The van der Waals surface area contributed by atoms with Gasteiger partial charge in [0.05, 0.1) is 0 Å². The predicted molar refractivity (Wildman–Crippen MR) is 325 cm³/mol. The number of para-hydroxylation sites is 2. The molecule has 5 amide bonds. The number of nitrogens with one attached hydrogen (secondary N) is 2. The van der Waals surface area contributed by atoms with E-state index in [1.165, 1.54) is 6.42 Å². The van der Waals surface area contributed by atoms with Crippen molar-refractivity contribution in [2.75, 3.05) is 59.6 Å². The Morgan fingerprint density at radius 1 is 0.691 bits per heavy atom. The highest BCUT2D eigenvalue weighted by atomic mass is 16.5. The van der Waals surface area contributed by atoms with Gasteiger partial charge in [-0.05, 0) is 158 Å². The number of fused-ring (bicyclic) bond motifs is 2. The molecule has 0 radical (unpaired) electrons. The zero-order valence-electron chi connectivity index (χ0n) is 50.7. The van der Waals surface area contributed by atoms with E-state index in [-0.39, 0.29) is 23.9 Å². The number of unbranched alkanes of at least 4 members (excludes halogenated alkanes) is 3. The molecule has 4 aromatic rings. The molecule has 5 N–H and O–H groups in total. The summed E-state index contributed by atoms with van der Waals surface area (Å²) in [5.74, 6) is 5.55. The number of nitrogens with zero attached hydrogens (tertiary/aromatic N) is 4. The molecule has 448 valence electrons. The average molecular weight is 1120 g/mol.